The second kappa shape index (κ2) is 6.26. The molecule has 1 aliphatic heterocycles. The molecule has 5 heteroatoms. The van der Waals surface area contributed by atoms with Crippen molar-refractivity contribution >= 4 is 11.9 Å². The number of ether oxygens (including phenoxy) is 1. The molecule has 2 rings (SSSR count). The molecule has 1 aromatic rings. The summed E-state index contributed by atoms with van der Waals surface area (Å²) in [4.78, 5) is 24.2. The molecule has 1 aliphatic rings. The number of rotatable bonds is 4. The second-order valence-corrected chi connectivity index (χ2v) is 6.26. The Morgan fingerprint density at radius 2 is 1.95 bits per heavy atom. The van der Waals surface area contributed by atoms with Crippen molar-refractivity contribution in [2.75, 3.05) is 6.61 Å². The number of amides is 1. The lowest BCUT2D eigenvalue weighted by atomic mass is 10.0. The Hall–Kier alpha value is -1.88. The van der Waals surface area contributed by atoms with Crippen LogP contribution in [0, 0.1) is 0 Å². The zero-order chi connectivity index (χ0) is 15.5. The smallest absolute Gasteiger partial charge is 0.323 e. The van der Waals surface area contributed by atoms with E-state index in [0.29, 0.717) is 13.0 Å². The topological polar surface area (TPSA) is 67.4 Å². The van der Waals surface area contributed by atoms with E-state index in [1.807, 2.05) is 51.1 Å². The second-order valence-electron chi connectivity index (χ2n) is 6.26. The SMILES string of the molecule is CC(C)(C)NC(=O)[C@H](N[C@H]1CCOC1=O)c1ccccc1. The molecular weight excluding hydrogens is 268 g/mol. The van der Waals surface area contributed by atoms with Crippen LogP contribution in [0.5, 0.6) is 0 Å². The molecular formula is C16H22N2O3. The summed E-state index contributed by atoms with van der Waals surface area (Å²) in [7, 11) is 0. The van der Waals surface area contributed by atoms with Gasteiger partial charge in [-0.15, -0.1) is 0 Å². The standard InChI is InChI=1S/C16H22N2O3/c1-16(2,3)18-14(19)13(11-7-5-4-6-8-11)17-12-9-10-21-15(12)20/h4-8,12-13,17H,9-10H2,1-3H3,(H,18,19)/t12-,13+/m0/s1. The van der Waals surface area contributed by atoms with Crippen molar-refractivity contribution in [2.45, 2.75) is 44.8 Å². The largest absolute Gasteiger partial charge is 0.464 e. The fourth-order valence-electron chi connectivity index (χ4n) is 2.26. The number of esters is 1. The van der Waals surface area contributed by atoms with Crippen molar-refractivity contribution in [3.8, 4) is 0 Å². The molecule has 1 aromatic carbocycles. The minimum atomic E-state index is -0.568. The summed E-state index contributed by atoms with van der Waals surface area (Å²) < 4.78 is 4.95. The maximum absolute atomic E-state index is 12.5. The highest BCUT2D eigenvalue weighted by molar-refractivity contribution is 5.85. The number of benzene rings is 1. The van der Waals surface area contributed by atoms with Gasteiger partial charge in [-0.05, 0) is 26.3 Å². The maximum atomic E-state index is 12.5. The molecule has 0 spiro atoms. The molecule has 2 N–H and O–H groups in total. The van der Waals surface area contributed by atoms with Gasteiger partial charge in [0.25, 0.3) is 0 Å². The van der Waals surface area contributed by atoms with Crippen LogP contribution in [0.3, 0.4) is 0 Å². The number of hydrogen-bond donors (Lipinski definition) is 2. The Bertz CT molecular complexity index is 508. The van der Waals surface area contributed by atoms with E-state index < -0.39 is 12.1 Å². The fourth-order valence-corrected chi connectivity index (χ4v) is 2.26. The quantitative estimate of drug-likeness (QED) is 0.826. The van der Waals surface area contributed by atoms with E-state index in [1.165, 1.54) is 0 Å². The van der Waals surface area contributed by atoms with Crippen molar-refractivity contribution in [3.63, 3.8) is 0 Å². The lowest BCUT2D eigenvalue weighted by Gasteiger charge is -2.27. The van der Waals surface area contributed by atoms with Crippen LogP contribution < -0.4 is 10.6 Å². The van der Waals surface area contributed by atoms with E-state index in [1.54, 1.807) is 0 Å². The molecule has 0 aliphatic carbocycles. The Labute approximate surface area is 125 Å². The maximum Gasteiger partial charge on any atom is 0.323 e. The first-order valence-electron chi connectivity index (χ1n) is 7.16. The van der Waals surface area contributed by atoms with Gasteiger partial charge in [0.05, 0.1) is 6.61 Å². The highest BCUT2D eigenvalue weighted by Crippen LogP contribution is 2.18. The van der Waals surface area contributed by atoms with Gasteiger partial charge in [-0.1, -0.05) is 30.3 Å². The van der Waals surface area contributed by atoms with Gasteiger partial charge >= 0.3 is 5.97 Å². The van der Waals surface area contributed by atoms with Crippen molar-refractivity contribution in [3.05, 3.63) is 35.9 Å². The average molecular weight is 290 g/mol. The molecule has 0 saturated carbocycles. The lowest BCUT2D eigenvalue weighted by Crippen LogP contribution is -2.49. The van der Waals surface area contributed by atoms with Crippen molar-refractivity contribution in [1.82, 2.24) is 10.6 Å². The summed E-state index contributed by atoms with van der Waals surface area (Å²) in [5.74, 6) is -0.437. The Morgan fingerprint density at radius 1 is 1.29 bits per heavy atom. The zero-order valence-electron chi connectivity index (χ0n) is 12.7. The zero-order valence-corrected chi connectivity index (χ0v) is 12.7. The Kier molecular flexibility index (Phi) is 4.63. The van der Waals surface area contributed by atoms with E-state index >= 15 is 0 Å². The third-order valence-corrected chi connectivity index (χ3v) is 3.20. The van der Waals surface area contributed by atoms with Gasteiger partial charge in [-0.3, -0.25) is 14.9 Å². The van der Waals surface area contributed by atoms with Gasteiger partial charge in [0.1, 0.15) is 12.1 Å². The number of cyclic esters (lactones) is 1. The van der Waals surface area contributed by atoms with E-state index in [-0.39, 0.29) is 17.4 Å². The summed E-state index contributed by atoms with van der Waals surface area (Å²) in [6.45, 7) is 6.18. The molecule has 0 aromatic heterocycles. The Balaban J connectivity index is 2.18. The summed E-state index contributed by atoms with van der Waals surface area (Å²) in [5.41, 5.74) is 0.501. The summed E-state index contributed by atoms with van der Waals surface area (Å²) in [6.07, 6.45) is 0.588. The van der Waals surface area contributed by atoms with Gasteiger partial charge in [0, 0.05) is 12.0 Å². The first kappa shape index (κ1) is 15.5. The van der Waals surface area contributed by atoms with Crippen LogP contribution in [-0.2, 0) is 14.3 Å². The number of carbonyl (C=O) groups excluding carboxylic acids is 2. The van der Waals surface area contributed by atoms with Crippen LogP contribution in [-0.4, -0.2) is 30.1 Å². The monoisotopic (exact) mass is 290 g/mol. The third kappa shape index (κ3) is 4.29. The molecule has 1 fully saturated rings. The lowest BCUT2D eigenvalue weighted by molar-refractivity contribution is -0.140. The predicted octanol–water partition coefficient (Wildman–Crippen LogP) is 1.55. The number of nitrogens with one attached hydrogen (secondary N) is 2. The van der Waals surface area contributed by atoms with Crippen LogP contribution >= 0.6 is 0 Å². The molecule has 114 valence electrons. The summed E-state index contributed by atoms with van der Waals surface area (Å²) >= 11 is 0. The van der Waals surface area contributed by atoms with Crippen LogP contribution in [0.2, 0.25) is 0 Å². The van der Waals surface area contributed by atoms with Gasteiger partial charge in [-0.2, -0.15) is 0 Å². The van der Waals surface area contributed by atoms with Gasteiger partial charge < -0.3 is 10.1 Å². The van der Waals surface area contributed by atoms with E-state index in [0.717, 1.165) is 5.56 Å². The molecule has 0 unspecified atom stereocenters. The van der Waals surface area contributed by atoms with Crippen LogP contribution in [0.15, 0.2) is 30.3 Å². The van der Waals surface area contributed by atoms with Crippen LogP contribution in [0.1, 0.15) is 38.8 Å². The molecule has 0 radical (unpaired) electrons. The molecule has 1 amide bonds. The minimum Gasteiger partial charge on any atom is -0.464 e. The van der Waals surface area contributed by atoms with E-state index in [2.05, 4.69) is 10.6 Å². The highest BCUT2D eigenvalue weighted by Gasteiger charge is 2.32. The molecule has 2 atom stereocenters. The molecule has 21 heavy (non-hydrogen) atoms. The average Bonchev–Trinajstić information content (AvgIpc) is 2.80. The van der Waals surface area contributed by atoms with Gasteiger partial charge in [0.2, 0.25) is 5.91 Å². The third-order valence-electron chi connectivity index (χ3n) is 3.20. The van der Waals surface area contributed by atoms with E-state index in [4.69, 9.17) is 4.74 Å². The molecule has 1 heterocycles. The molecule has 1 saturated heterocycles. The number of carbonyl (C=O) groups is 2. The molecule has 0 bridgehead atoms. The fraction of sp³-hybridized carbons (Fsp3) is 0.500. The van der Waals surface area contributed by atoms with Crippen LogP contribution in [0.4, 0.5) is 0 Å². The van der Waals surface area contributed by atoms with Crippen molar-refractivity contribution < 1.29 is 14.3 Å². The van der Waals surface area contributed by atoms with E-state index in [9.17, 15) is 9.59 Å². The first-order chi connectivity index (χ1) is 9.87. The van der Waals surface area contributed by atoms with Crippen LogP contribution in [0.25, 0.3) is 0 Å². The highest BCUT2D eigenvalue weighted by atomic mass is 16.5. The minimum absolute atomic E-state index is 0.145. The van der Waals surface area contributed by atoms with Crippen molar-refractivity contribution in [2.24, 2.45) is 0 Å². The summed E-state index contributed by atoms with van der Waals surface area (Å²) in [5, 5.41) is 6.07. The summed E-state index contributed by atoms with van der Waals surface area (Å²) in [6, 6.07) is 8.40. The normalized spacial score (nSPS) is 20.0. The number of hydrogen-bond acceptors (Lipinski definition) is 4. The Morgan fingerprint density at radius 3 is 2.48 bits per heavy atom. The first-order valence-corrected chi connectivity index (χ1v) is 7.16. The van der Waals surface area contributed by atoms with Gasteiger partial charge in [-0.25, -0.2) is 0 Å². The molecule has 5 nitrogen and oxygen atoms in total. The van der Waals surface area contributed by atoms with Gasteiger partial charge in [0.15, 0.2) is 0 Å². The predicted molar refractivity (Wildman–Crippen MR) is 79.6 cm³/mol. The van der Waals surface area contributed by atoms with Crippen molar-refractivity contribution in [1.29, 1.82) is 0 Å².